The Balaban J connectivity index is 1.60. The summed E-state index contributed by atoms with van der Waals surface area (Å²) in [7, 11) is 1.34. The molecule has 6 nitrogen and oxygen atoms in total. The second-order valence-corrected chi connectivity index (χ2v) is 6.36. The van der Waals surface area contributed by atoms with Crippen LogP contribution in [0.1, 0.15) is 9.67 Å². The molecule has 3 saturated heterocycles. The number of carbonyl (C=O) groups is 1. The van der Waals surface area contributed by atoms with Crippen molar-refractivity contribution in [3.63, 3.8) is 0 Å². The van der Waals surface area contributed by atoms with E-state index in [4.69, 9.17) is 11.6 Å². The topological polar surface area (TPSA) is 57.7 Å². The molecular weight excluding hydrogens is 300 g/mol. The minimum absolute atomic E-state index is 0.207. The Morgan fingerprint density at radius 1 is 1.50 bits per heavy atom. The van der Waals surface area contributed by atoms with Crippen LogP contribution in [0.25, 0.3) is 0 Å². The molecule has 4 heterocycles. The Morgan fingerprint density at radius 2 is 2.25 bits per heavy atom. The van der Waals surface area contributed by atoms with Crippen LogP contribution in [0.3, 0.4) is 0 Å². The fraction of sp³-hybridized carbons (Fsp3) is 0.667. The summed E-state index contributed by atoms with van der Waals surface area (Å²) in [5, 5.41) is 4.17. The summed E-state index contributed by atoms with van der Waals surface area (Å²) in [5.41, 5.74) is 0. The first kappa shape index (κ1) is 14.1. The highest BCUT2D eigenvalue weighted by molar-refractivity contribution is 7.18. The quantitative estimate of drug-likeness (QED) is 0.836. The molecule has 3 aliphatic rings. The van der Waals surface area contributed by atoms with Gasteiger partial charge in [0, 0.05) is 45.3 Å². The van der Waals surface area contributed by atoms with Gasteiger partial charge in [0.1, 0.15) is 0 Å². The van der Waals surface area contributed by atoms with Gasteiger partial charge in [-0.25, -0.2) is 9.78 Å². The Hall–Kier alpha value is -0.890. The van der Waals surface area contributed by atoms with Crippen LogP contribution in [0.4, 0.5) is 5.13 Å². The van der Waals surface area contributed by atoms with Gasteiger partial charge in [-0.15, -0.1) is 0 Å². The molecule has 0 saturated carbocycles. The second kappa shape index (κ2) is 5.85. The molecule has 8 heteroatoms. The molecule has 0 radical (unpaired) electrons. The predicted molar refractivity (Wildman–Crippen MR) is 78.8 cm³/mol. The van der Waals surface area contributed by atoms with Gasteiger partial charge < -0.3 is 10.1 Å². The lowest BCUT2D eigenvalue weighted by Gasteiger charge is -2.47. The summed E-state index contributed by atoms with van der Waals surface area (Å²) < 4.78 is 4.67. The average Bonchev–Trinajstić information content (AvgIpc) is 2.86. The van der Waals surface area contributed by atoms with Crippen LogP contribution in [-0.4, -0.2) is 73.2 Å². The summed E-state index contributed by atoms with van der Waals surface area (Å²) in [6, 6.07) is 0.502. The van der Waals surface area contributed by atoms with Crippen LogP contribution in [0.15, 0.2) is 0 Å². The van der Waals surface area contributed by atoms with Gasteiger partial charge in [0.05, 0.1) is 7.11 Å². The minimum Gasteiger partial charge on any atom is -0.465 e. The van der Waals surface area contributed by atoms with Gasteiger partial charge in [0.25, 0.3) is 0 Å². The molecule has 0 amide bonds. The van der Waals surface area contributed by atoms with Gasteiger partial charge in [-0.2, -0.15) is 0 Å². The smallest absolute Gasteiger partial charge is 0.351 e. The highest BCUT2D eigenvalue weighted by atomic mass is 35.5. The molecule has 3 aliphatic heterocycles. The second-order valence-electron chi connectivity index (χ2n) is 5.00. The number of hydrogen-bond acceptors (Lipinski definition) is 7. The van der Waals surface area contributed by atoms with E-state index in [1.54, 1.807) is 0 Å². The van der Waals surface area contributed by atoms with Crippen LogP contribution in [0.2, 0.25) is 5.15 Å². The van der Waals surface area contributed by atoms with E-state index in [-0.39, 0.29) is 5.15 Å². The molecule has 1 unspecified atom stereocenters. The minimum atomic E-state index is -0.438. The van der Waals surface area contributed by atoms with Crippen LogP contribution in [0, 0.1) is 0 Å². The number of nitrogens with zero attached hydrogens (tertiary/aromatic N) is 3. The number of fused-ring (bicyclic) bond motifs is 3. The zero-order chi connectivity index (χ0) is 14.1. The molecule has 0 aromatic carbocycles. The zero-order valence-electron chi connectivity index (χ0n) is 11.3. The van der Waals surface area contributed by atoms with Crippen LogP contribution in [-0.2, 0) is 4.74 Å². The molecule has 1 N–H and O–H groups in total. The number of ether oxygens (including phenoxy) is 1. The number of hydrogen-bond donors (Lipinski definition) is 1. The number of piperazine rings is 3. The van der Waals surface area contributed by atoms with Crippen molar-refractivity contribution in [1.29, 1.82) is 0 Å². The number of aromatic nitrogens is 1. The van der Waals surface area contributed by atoms with E-state index in [1.165, 1.54) is 31.5 Å². The van der Waals surface area contributed by atoms with Gasteiger partial charge in [0.15, 0.2) is 15.2 Å². The maximum Gasteiger partial charge on any atom is 0.351 e. The number of carbonyl (C=O) groups excluding carboxylic acids is 1. The third-order valence-corrected chi connectivity index (χ3v) is 5.22. The van der Waals surface area contributed by atoms with Gasteiger partial charge in [-0.3, -0.25) is 9.80 Å². The van der Waals surface area contributed by atoms with E-state index in [2.05, 4.69) is 24.8 Å². The van der Waals surface area contributed by atoms with Gasteiger partial charge in [-0.1, -0.05) is 22.9 Å². The third-order valence-electron chi connectivity index (χ3n) is 3.84. The molecule has 1 aromatic heterocycles. The summed E-state index contributed by atoms with van der Waals surface area (Å²) in [5.74, 6) is -0.438. The van der Waals surface area contributed by atoms with Crippen molar-refractivity contribution in [1.82, 2.24) is 14.8 Å². The lowest BCUT2D eigenvalue weighted by molar-refractivity contribution is 0.0189. The maximum absolute atomic E-state index is 11.5. The SMILES string of the molecule is COC(=O)c1sc(NCC2CN3CCN2CC3)nc1Cl. The van der Waals surface area contributed by atoms with Crippen molar-refractivity contribution < 1.29 is 9.53 Å². The summed E-state index contributed by atoms with van der Waals surface area (Å²) >= 11 is 7.18. The van der Waals surface area contributed by atoms with Crippen molar-refractivity contribution in [3.8, 4) is 0 Å². The fourth-order valence-electron chi connectivity index (χ4n) is 2.72. The van der Waals surface area contributed by atoms with Crippen LogP contribution in [0.5, 0.6) is 0 Å². The molecule has 110 valence electrons. The number of nitrogens with one attached hydrogen (secondary N) is 1. The molecule has 0 aliphatic carbocycles. The van der Waals surface area contributed by atoms with Gasteiger partial charge in [-0.05, 0) is 0 Å². The molecule has 3 fully saturated rings. The normalized spacial score (nSPS) is 28.4. The Labute approximate surface area is 126 Å². The van der Waals surface area contributed by atoms with Crippen molar-refractivity contribution in [2.45, 2.75) is 6.04 Å². The Bertz CT molecular complexity index is 502. The predicted octanol–water partition coefficient (Wildman–Crippen LogP) is 0.995. The van der Waals surface area contributed by atoms with E-state index in [0.29, 0.717) is 16.1 Å². The molecule has 4 rings (SSSR count). The Kier molecular flexibility index (Phi) is 4.11. The van der Waals surface area contributed by atoms with Gasteiger partial charge >= 0.3 is 5.97 Å². The third kappa shape index (κ3) is 2.76. The highest BCUT2D eigenvalue weighted by Crippen LogP contribution is 2.27. The number of esters is 1. The van der Waals surface area contributed by atoms with Crippen LogP contribution < -0.4 is 5.32 Å². The molecule has 20 heavy (non-hydrogen) atoms. The van der Waals surface area contributed by atoms with E-state index in [9.17, 15) is 4.79 Å². The van der Waals surface area contributed by atoms with Crippen LogP contribution >= 0.6 is 22.9 Å². The molecule has 2 bridgehead atoms. The van der Waals surface area contributed by atoms with Crippen molar-refractivity contribution >= 4 is 34.0 Å². The molecular formula is C12H17ClN4O2S. The van der Waals surface area contributed by atoms with E-state index >= 15 is 0 Å². The first-order chi connectivity index (χ1) is 9.67. The maximum atomic E-state index is 11.5. The highest BCUT2D eigenvalue weighted by Gasteiger charge is 2.31. The lowest BCUT2D eigenvalue weighted by Crippen LogP contribution is -2.62. The summed E-state index contributed by atoms with van der Waals surface area (Å²) in [6.45, 7) is 6.53. The monoisotopic (exact) mass is 316 g/mol. The van der Waals surface area contributed by atoms with E-state index in [0.717, 1.165) is 26.2 Å². The number of rotatable bonds is 4. The standard InChI is InChI=1S/C12H17ClN4O2S/c1-19-11(18)9-10(13)15-12(20-9)14-6-8-7-16-2-4-17(8)5-3-16/h8H,2-7H2,1H3,(H,14,15). The van der Waals surface area contributed by atoms with Crippen molar-refractivity contribution in [2.24, 2.45) is 0 Å². The van der Waals surface area contributed by atoms with Gasteiger partial charge in [0.2, 0.25) is 0 Å². The molecule has 1 aromatic rings. The number of methoxy groups -OCH3 is 1. The zero-order valence-corrected chi connectivity index (χ0v) is 12.8. The number of halogens is 1. The summed E-state index contributed by atoms with van der Waals surface area (Å²) in [6.07, 6.45) is 0. The van der Waals surface area contributed by atoms with Crippen molar-refractivity contribution in [3.05, 3.63) is 10.0 Å². The molecule has 0 spiro atoms. The lowest BCUT2D eigenvalue weighted by atomic mass is 10.1. The summed E-state index contributed by atoms with van der Waals surface area (Å²) in [4.78, 5) is 21.0. The van der Waals surface area contributed by atoms with E-state index in [1.807, 2.05) is 0 Å². The van der Waals surface area contributed by atoms with E-state index < -0.39 is 5.97 Å². The molecule has 1 atom stereocenters. The largest absolute Gasteiger partial charge is 0.465 e. The first-order valence-corrected chi connectivity index (χ1v) is 7.81. The first-order valence-electron chi connectivity index (χ1n) is 6.62. The number of anilines is 1. The van der Waals surface area contributed by atoms with Crippen molar-refractivity contribution in [2.75, 3.05) is 51.7 Å². The fourth-order valence-corrected chi connectivity index (χ4v) is 3.83. The Morgan fingerprint density at radius 3 is 2.85 bits per heavy atom. The number of thiazole rings is 1. The average molecular weight is 317 g/mol.